The van der Waals surface area contributed by atoms with Gasteiger partial charge in [-0.15, -0.1) is 12.4 Å². The molecule has 3 rings (SSSR count). The molecule has 2 aliphatic rings. The van der Waals surface area contributed by atoms with Crippen LogP contribution in [0.15, 0.2) is 30.3 Å². The van der Waals surface area contributed by atoms with Gasteiger partial charge in [0.25, 0.3) is 11.8 Å². The molecule has 25 heavy (non-hydrogen) atoms. The third-order valence-corrected chi connectivity index (χ3v) is 4.62. The first-order valence-corrected chi connectivity index (χ1v) is 8.68. The van der Waals surface area contributed by atoms with Gasteiger partial charge in [0.2, 0.25) is 0 Å². The smallest absolute Gasteiger partial charge is 0.253 e. The number of nitrogens with one attached hydrogen (secondary N) is 2. The molecular formula is C18H26ClN3O3. The molecule has 0 aromatic heterocycles. The van der Waals surface area contributed by atoms with Crippen LogP contribution >= 0.6 is 12.4 Å². The fourth-order valence-electron chi connectivity index (χ4n) is 3.29. The number of nitrogens with zero attached hydrogens (tertiary/aromatic N) is 1. The van der Waals surface area contributed by atoms with E-state index in [0.29, 0.717) is 37.7 Å². The molecule has 0 saturated carbocycles. The second kappa shape index (κ2) is 9.75. The third-order valence-electron chi connectivity index (χ3n) is 4.62. The number of piperidine rings is 1. The Morgan fingerprint density at radius 2 is 2.08 bits per heavy atom. The Hall–Kier alpha value is -1.63. The summed E-state index contributed by atoms with van der Waals surface area (Å²) < 4.78 is 5.56. The number of hydrogen-bond acceptors (Lipinski definition) is 4. The fourth-order valence-corrected chi connectivity index (χ4v) is 3.29. The monoisotopic (exact) mass is 367 g/mol. The Kier molecular flexibility index (Phi) is 7.68. The summed E-state index contributed by atoms with van der Waals surface area (Å²) in [6, 6.07) is 9.21. The Labute approximate surface area is 154 Å². The largest absolute Gasteiger partial charge is 0.366 e. The summed E-state index contributed by atoms with van der Waals surface area (Å²) in [6.45, 7) is 4.04. The number of carbonyl (C=O) groups excluding carboxylic acids is 2. The first kappa shape index (κ1) is 19.7. The number of benzene rings is 1. The zero-order valence-corrected chi connectivity index (χ0v) is 15.1. The van der Waals surface area contributed by atoms with E-state index in [4.69, 9.17) is 4.74 Å². The number of halogens is 1. The number of carbonyl (C=O) groups is 2. The van der Waals surface area contributed by atoms with Crippen molar-refractivity contribution in [1.29, 1.82) is 0 Å². The molecule has 1 aromatic carbocycles. The van der Waals surface area contributed by atoms with Gasteiger partial charge in [0.05, 0.1) is 6.61 Å². The first-order valence-electron chi connectivity index (χ1n) is 8.68. The summed E-state index contributed by atoms with van der Waals surface area (Å²) in [5.74, 6) is 0.312. The lowest BCUT2D eigenvalue weighted by atomic mass is 9.97. The number of likely N-dealkylation sites (tertiary alicyclic amines) is 1. The van der Waals surface area contributed by atoms with Crippen LogP contribution in [0.1, 0.15) is 23.2 Å². The van der Waals surface area contributed by atoms with Crippen LogP contribution in [0.5, 0.6) is 0 Å². The molecular weight excluding hydrogens is 342 g/mol. The summed E-state index contributed by atoms with van der Waals surface area (Å²) in [4.78, 5) is 26.6. The highest BCUT2D eigenvalue weighted by Crippen LogP contribution is 2.17. The molecule has 0 bridgehead atoms. The van der Waals surface area contributed by atoms with Gasteiger partial charge >= 0.3 is 0 Å². The van der Waals surface area contributed by atoms with Gasteiger partial charge in [-0.2, -0.15) is 0 Å². The minimum Gasteiger partial charge on any atom is -0.366 e. The molecule has 2 heterocycles. The predicted octanol–water partition coefficient (Wildman–Crippen LogP) is 1.07. The van der Waals surface area contributed by atoms with Crippen LogP contribution in [-0.4, -0.2) is 62.1 Å². The van der Waals surface area contributed by atoms with E-state index < -0.39 is 0 Å². The average Bonchev–Trinajstić information content (AvgIpc) is 2.67. The van der Waals surface area contributed by atoms with E-state index in [-0.39, 0.29) is 30.3 Å². The number of rotatable bonds is 4. The maximum Gasteiger partial charge on any atom is 0.253 e. The van der Waals surface area contributed by atoms with E-state index in [1.807, 2.05) is 23.1 Å². The molecule has 2 N–H and O–H groups in total. The molecule has 2 unspecified atom stereocenters. The Morgan fingerprint density at radius 1 is 1.28 bits per heavy atom. The number of morpholine rings is 1. The van der Waals surface area contributed by atoms with Gasteiger partial charge in [-0.25, -0.2) is 0 Å². The summed E-state index contributed by atoms with van der Waals surface area (Å²) in [7, 11) is 0. The molecule has 2 fully saturated rings. The molecule has 6 nitrogen and oxygen atoms in total. The average molecular weight is 368 g/mol. The van der Waals surface area contributed by atoms with E-state index in [9.17, 15) is 9.59 Å². The van der Waals surface area contributed by atoms with Gasteiger partial charge in [0, 0.05) is 38.3 Å². The van der Waals surface area contributed by atoms with Gasteiger partial charge in [0.1, 0.15) is 6.10 Å². The second-order valence-electron chi connectivity index (χ2n) is 6.43. The van der Waals surface area contributed by atoms with Crippen LogP contribution in [0.4, 0.5) is 0 Å². The van der Waals surface area contributed by atoms with Crippen LogP contribution in [0, 0.1) is 5.92 Å². The molecule has 0 radical (unpaired) electrons. The fraction of sp³-hybridized carbons (Fsp3) is 0.556. The molecule has 1 aromatic rings. The molecule has 0 aliphatic carbocycles. The van der Waals surface area contributed by atoms with E-state index in [1.165, 1.54) is 0 Å². The highest BCUT2D eigenvalue weighted by atomic mass is 35.5. The van der Waals surface area contributed by atoms with E-state index in [1.54, 1.807) is 12.1 Å². The molecule has 7 heteroatoms. The van der Waals surface area contributed by atoms with Crippen LogP contribution in [0.2, 0.25) is 0 Å². The van der Waals surface area contributed by atoms with Crippen molar-refractivity contribution in [2.45, 2.75) is 18.9 Å². The summed E-state index contributed by atoms with van der Waals surface area (Å²) in [5.41, 5.74) is 0.669. The van der Waals surface area contributed by atoms with Crippen molar-refractivity contribution in [3.8, 4) is 0 Å². The normalized spacial score (nSPS) is 23.4. The number of ether oxygens (including phenoxy) is 1. The SMILES string of the molecule is Cl.O=C(NCC1CCCN(C(=O)C2CNCCO2)C1)c1ccccc1. The Balaban J connectivity index is 0.00000225. The van der Waals surface area contributed by atoms with Crippen molar-refractivity contribution in [3.05, 3.63) is 35.9 Å². The first-order chi connectivity index (χ1) is 11.7. The van der Waals surface area contributed by atoms with Gasteiger partial charge in [-0.05, 0) is 30.9 Å². The van der Waals surface area contributed by atoms with Crippen molar-refractivity contribution in [1.82, 2.24) is 15.5 Å². The lowest BCUT2D eigenvalue weighted by Crippen LogP contribution is -2.52. The minimum absolute atomic E-state index is 0. The summed E-state index contributed by atoms with van der Waals surface area (Å²) in [5, 5.41) is 6.18. The minimum atomic E-state index is -0.364. The molecule has 2 saturated heterocycles. The lowest BCUT2D eigenvalue weighted by molar-refractivity contribution is -0.147. The topological polar surface area (TPSA) is 70.7 Å². The molecule has 0 spiro atoms. The van der Waals surface area contributed by atoms with Crippen molar-refractivity contribution < 1.29 is 14.3 Å². The molecule has 2 aliphatic heterocycles. The van der Waals surface area contributed by atoms with Crippen molar-refractivity contribution in [2.75, 3.05) is 39.3 Å². The molecule has 2 amide bonds. The highest BCUT2D eigenvalue weighted by molar-refractivity contribution is 5.94. The van der Waals surface area contributed by atoms with Gasteiger partial charge in [0.15, 0.2) is 0 Å². The van der Waals surface area contributed by atoms with Crippen LogP contribution < -0.4 is 10.6 Å². The third kappa shape index (κ3) is 5.42. The van der Waals surface area contributed by atoms with E-state index in [2.05, 4.69) is 10.6 Å². The predicted molar refractivity (Wildman–Crippen MR) is 97.9 cm³/mol. The van der Waals surface area contributed by atoms with Crippen LogP contribution in [0.3, 0.4) is 0 Å². The highest BCUT2D eigenvalue weighted by Gasteiger charge is 2.30. The molecule has 2 atom stereocenters. The summed E-state index contributed by atoms with van der Waals surface area (Å²) >= 11 is 0. The standard InChI is InChI=1S/C18H25N3O3.ClH/c22-17(15-6-2-1-3-7-15)20-11-14-5-4-9-21(13-14)18(23)16-12-19-8-10-24-16;/h1-3,6-7,14,16,19H,4-5,8-13H2,(H,20,22);1H. The number of hydrogen-bond donors (Lipinski definition) is 2. The van der Waals surface area contributed by atoms with Gasteiger partial charge in [-0.3, -0.25) is 9.59 Å². The van der Waals surface area contributed by atoms with E-state index in [0.717, 1.165) is 25.9 Å². The van der Waals surface area contributed by atoms with Crippen molar-refractivity contribution in [2.24, 2.45) is 5.92 Å². The maximum absolute atomic E-state index is 12.5. The van der Waals surface area contributed by atoms with Gasteiger partial charge in [-0.1, -0.05) is 18.2 Å². The summed E-state index contributed by atoms with van der Waals surface area (Å²) in [6.07, 6.45) is 1.64. The van der Waals surface area contributed by atoms with Gasteiger partial charge < -0.3 is 20.3 Å². The Morgan fingerprint density at radius 3 is 2.80 bits per heavy atom. The zero-order valence-electron chi connectivity index (χ0n) is 14.3. The zero-order chi connectivity index (χ0) is 16.8. The van der Waals surface area contributed by atoms with Crippen LogP contribution in [0.25, 0.3) is 0 Å². The van der Waals surface area contributed by atoms with Crippen molar-refractivity contribution >= 4 is 24.2 Å². The quantitative estimate of drug-likeness (QED) is 0.835. The number of amides is 2. The Bertz CT molecular complexity index is 564. The maximum atomic E-state index is 12.5. The van der Waals surface area contributed by atoms with E-state index >= 15 is 0 Å². The van der Waals surface area contributed by atoms with Crippen LogP contribution in [-0.2, 0) is 9.53 Å². The van der Waals surface area contributed by atoms with Crippen molar-refractivity contribution in [3.63, 3.8) is 0 Å². The second-order valence-corrected chi connectivity index (χ2v) is 6.43. The molecule has 138 valence electrons. The lowest BCUT2D eigenvalue weighted by Gasteiger charge is -2.36.